The summed E-state index contributed by atoms with van der Waals surface area (Å²) in [5.41, 5.74) is 11.2. The standard InChI is InChI=1S/C36H77N3.C2H4/c1-2-3-4-5-6-7-8-9-10-13-16-19-22-25-28-31-34-39-35-32-29-26-23-20-17-14-11-12-15-18-21-24-27-30-33-36(37)38;1-2/h36,39H,2-35,37-38H2,1H3;1-2H2. The second-order valence-electron chi connectivity index (χ2n) is 12.8. The molecule has 0 aliphatic rings. The molecule has 0 bridgehead atoms. The van der Waals surface area contributed by atoms with E-state index in [1.165, 1.54) is 212 Å². The average molecular weight is 580 g/mol. The highest BCUT2D eigenvalue weighted by Gasteiger charge is 1.98. The van der Waals surface area contributed by atoms with Gasteiger partial charge in [-0.3, -0.25) is 0 Å². The van der Waals surface area contributed by atoms with Crippen LogP contribution in [0.5, 0.6) is 0 Å². The van der Waals surface area contributed by atoms with Crippen molar-refractivity contribution in [3.63, 3.8) is 0 Å². The quantitative estimate of drug-likeness (QED) is 0.0397. The van der Waals surface area contributed by atoms with Crippen LogP contribution in [0.25, 0.3) is 0 Å². The van der Waals surface area contributed by atoms with E-state index in [0.29, 0.717) is 0 Å². The molecule has 0 aromatic heterocycles. The summed E-state index contributed by atoms with van der Waals surface area (Å²) in [5, 5.41) is 3.68. The van der Waals surface area contributed by atoms with Crippen molar-refractivity contribution in [3.8, 4) is 0 Å². The van der Waals surface area contributed by atoms with Gasteiger partial charge in [0.05, 0.1) is 6.17 Å². The van der Waals surface area contributed by atoms with Gasteiger partial charge in [-0.15, -0.1) is 13.2 Å². The summed E-state index contributed by atoms with van der Waals surface area (Å²) in [6.07, 6.45) is 45.2. The molecule has 0 aromatic carbocycles. The van der Waals surface area contributed by atoms with Crippen LogP contribution in [0, 0.1) is 0 Å². The average Bonchev–Trinajstić information content (AvgIpc) is 2.98. The molecule has 0 aromatic rings. The fraction of sp³-hybridized carbons (Fsp3) is 0.947. The monoisotopic (exact) mass is 580 g/mol. The number of nitrogens with two attached hydrogens (primary N) is 2. The molecule has 248 valence electrons. The van der Waals surface area contributed by atoms with Crippen molar-refractivity contribution in [1.82, 2.24) is 5.32 Å². The van der Waals surface area contributed by atoms with Gasteiger partial charge in [0.1, 0.15) is 0 Å². The Hall–Kier alpha value is -0.380. The van der Waals surface area contributed by atoms with Crippen molar-refractivity contribution in [3.05, 3.63) is 13.2 Å². The molecule has 0 fully saturated rings. The summed E-state index contributed by atoms with van der Waals surface area (Å²) in [5.74, 6) is 0. The Morgan fingerprint density at radius 3 is 0.829 bits per heavy atom. The van der Waals surface area contributed by atoms with E-state index >= 15 is 0 Å². The Labute approximate surface area is 261 Å². The molecule has 5 N–H and O–H groups in total. The molecule has 0 atom stereocenters. The summed E-state index contributed by atoms with van der Waals surface area (Å²) < 4.78 is 0. The van der Waals surface area contributed by atoms with Gasteiger partial charge < -0.3 is 16.8 Å². The highest BCUT2D eigenvalue weighted by Crippen LogP contribution is 2.15. The van der Waals surface area contributed by atoms with Gasteiger partial charge in [-0.25, -0.2) is 0 Å². The van der Waals surface area contributed by atoms with Gasteiger partial charge in [-0.05, 0) is 32.4 Å². The van der Waals surface area contributed by atoms with Crippen molar-refractivity contribution in [2.75, 3.05) is 13.1 Å². The Balaban J connectivity index is 0. The van der Waals surface area contributed by atoms with Gasteiger partial charge in [0, 0.05) is 0 Å². The molecular formula is C38H81N3. The van der Waals surface area contributed by atoms with E-state index in [1.807, 2.05) is 0 Å². The minimum atomic E-state index is -0.106. The van der Waals surface area contributed by atoms with E-state index in [4.69, 9.17) is 11.5 Å². The van der Waals surface area contributed by atoms with Crippen LogP contribution in [0.2, 0.25) is 0 Å². The van der Waals surface area contributed by atoms with E-state index < -0.39 is 0 Å². The third-order valence-electron chi connectivity index (χ3n) is 8.60. The summed E-state index contributed by atoms with van der Waals surface area (Å²) in [6.45, 7) is 10.8. The van der Waals surface area contributed by atoms with Crippen LogP contribution in [0.15, 0.2) is 13.2 Å². The predicted molar refractivity (Wildman–Crippen MR) is 190 cm³/mol. The van der Waals surface area contributed by atoms with E-state index in [1.54, 1.807) is 0 Å². The summed E-state index contributed by atoms with van der Waals surface area (Å²) >= 11 is 0. The highest BCUT2D eigenvalue weighted by atomic mass is 14.8. The normalized spacial score (nSPS) is 11.2. The summed E-state index contributed by atoms with van der Waals surface area (Å²) in [7, 11) is 0. The number of hydrogen-bond donors (Lipinski definition) is 3. The van der Waals surface area contributed by atoms with Crippen LogP contribution in [0.1, 0.15) is 212 Å². The molecule has 0 aliphatic carbocycles. The minimum Gasteiger partial charge on any atom is -0.317 e. The molecule has 3 nitrogen and oxygen atoms in total. The van der Waals surface area contributed by atoms with Crippen LogP contribution in [0.4, 0.5) is 0 Å². The first-order chi connectivity index (χ1) is 20.3. The van der Waals surface area contributed by atoms with Crippen LogP contribution in [-0.4, -0.2) is 19.3 Å². The van der Waals surface area contributed by atoms with E-state index in [0.717, 1.165) is 6.42 Å². The maximum Gasteiger partial charge on any atom is 0.0520 e. The molecule has 0 rings (SSSR count). The van der Waals surface area contributed by atoms with E-state index in [9.17, 15) is 0 Å². The molecule has 0 unspecified atom stereocenters. The number of unbranched alkanes of at least 4 members (excludes halogenated alkanes) is 29. The van der Waals surface area contributed by atoms with Gasteiger partial charge in [-0.2, -0.15) is 0 Å². The number of nitrogens with one attached hydrogen (secondary N) is 1. The maximum absolute atomic E-state index is 5.59. The number of hydrogen-bond acceptors (Lipinski definition) is 3. The molecule has 0 saturated heterocycles. The van der Waals surface area contributed by atoms with Crippen LogP contribution < -0.4 is 16.8 Å². The topological polar surface area (TPSA) is 64.1 Å². The fourth-order valence-corrected chi connectivity index (χ4v) is 5.85. The Morgan fingerprint density at radius 1 is 0.366 bits per heavy atom. The molecule has 0 amide bonds. The Morgan fingerprint density at radius 2 is 0.585 bits per heavy atom. The third kappa shape index (κ3) is 44.2. The highest BCUT2D eigenvalue weighted by molar-refractivity contribution is 4.55. The van der Waals surface area contributed by atoms with Gasteiger partial charge in [0.25, 0.3) is 0 Å². The lowest BCUT2D eigenvalue weighted by Crippen LogP contribution is -2.29. The molecule has 0 saturated carbocycles. The van der Waals surface area contributed by atoms with Gasteiger partial charge in [-0.1, -0.05) is 193 Å². The lowest BCUT2D eigenvalue weighted by Gasteiger charge is -2.06. The van der Waals surface area contributed by atoms with E-state index in [2.05, 4.69) is 25.4 Å². The lowest BCUT2D eigenvalue weighted by atomic mass is 10.0. The lowest BCUT2D eigenvalue weighted by molar-refractivity contribution is 0.512. The molecule has 41 heavy (non-hydrogen) atoms. The predicted octanol–water partition coefficient (Wildman–Crippen LogP) is 12.1. The van der Waals surface area contributed by atoms with Crippen molar-refractivity contribution in [1.29, 1.82) is 0 Å². The summed E-state index contributed by atoms with van der Waals surface area (Å²) in [4.78, 5) is 0. The summed E-state index contributed by atoms with van der Waals surface area (Å²) in [6, 6.07) is 0. The van der Waals surface area contributed by atoms with E-state index in [-0.39, 0.29) is 6.17 Å². The molecule has 0 heterocycles. The zero-order chi connectivity index (χ0) is 30.3. The maximum atomic E-state index is 5.59. The zero-order valence-electron chi connectivity index (χ0n) is 28.7. The second-order valence-corrected chi connectivity index (χ2v) is 12.8. The largest absolute Gasteiger partial charge is 0.317 e. The van der Waals surface area contributed by atoms with Crippen LogP contribution >= 0.6 is 0 Å². The molecule has 0 aliphatic heterocycles. The smallest absolute Gasteiger partial charge is 0.0520 e. The van der Waals surface area contributed by atoms with Crippen molar-refractivity contribution < 1.29 is 0 Å². The van der Waals surface area contributed by atoms with Crippen molar-refractivity contribution in [2.24, 2.45) is 11.5 Å². The first-order valence-corrected chi connectivity index (χ1v) is 19.0. The van der Waals surface area contributed by atoms with Gasteiger partial charge >= 0.3 is 0 Å². The van der Waals surface area contributed by atoms with Gasteiger partial charge in [0.15, 0.2) is 0 Å². The van der Waals surface area contributed by atoms with Crippen LogP contribution in [0.3, 0.4) is 0 Å². The Kier molecular flexibility index (Phi) is 43.5. The van der Waals surface area contributed by atoms with Crippen LogP contribution in [-0.2, 0) is 0 Å². The first-order valence-electron chi connectivity index (χ1n) is 19.0. The number of rotatable bonds is 35. The fourth-order valence-electron chi connectivity index (χ4n) is 5.85. The molecular weight excluding hydrogens is 498 g/mol. The zero-order valence-corrected chi connectivity index (χ0v) is 28.7. The molecule has 3 heteroatoms. The first kappa shape index (κ1) is 42.8. The van der Waals surface area contributed by atoms with Crippen molar-refractivity contribution >= 4 is 0 Å². The second kappa shape index (κ2) is 41.8. The van der Waals surface area contributed by atoms with Crippen molar-refractivity contribution in [2.45, 2.75) is 219 Å². The Bertz CT molecular complexity index is 426. The third-order valence-corrected chi connectivity index (χ3v) is 8.60. The molecule has 0 spiro atoms. The molecule has 0 radical (unpaired) electrons. The SMILES string of the molecule is C=C.CCCCCCCCCCCCCCCCCCNCCCCCCCCCCCCCCCCCC(N)N. The minimum absolute atomic E-state index is 0.106. The van der Waals surface area contributed by atoms with Gasteiger partial charge in [0.2, 0.25) is 0 Å².